The first-order valence-corrected chi connectivity index (χ1v) is 6.98. The Morgan fingerprint density at radius 1 is 1.50 bits per heavy atom. The second-order valence-electron chi connectivity index (χ2n) is 5.12. The van der Waals surface area contributed by atoms with Crippen LogP contribution in [-0.2, 0) is 4.74 Å². The van der Waals surface area contributed by atoms with E-state index < -0.39 is 0 Å². The second kappa shape index (κ2) is 6.65. The molecule has 2 rings (SSSR count). The maximum atomic E-state index is 12.6. The van der Waals surface area contributed by atoms with Crippen molar-refractivity contribution in [2.24, 2.45) is 5.92 Å². The minimum atomic E-state index is -0.0726. The Balaban J connectivity index is 2.10. The van der Waals surface area contributed by atoms with Gasteiger partial charge in [0.05, 0.1) is 6.61 Å². The maximum absolute atomic E-state index is 12.6. The molecule has 1 aliphatic rings. The van der Waals surface area contributed by atoms with Crippen molar-refractivity contribution < 1.29 is 9.53 Å². The predicted molar refractivity (Wildman–Crippen MR) is 76.7 cm³/mol. The summed E-state index contributed by atoms with van der Waals surface area (Å²) in [7, 11) is 3.41. The molecule has 0 aromatic carbocycles. The van der Waals surface area contributed by atoms with Crippen LogP contribution in [0.4, 0.5) is 5.82 Å². The van der Waals surface area contributed by atoms with E-state index in [1.54, 1.807) is 26.3 Å². The van der Waals surface area contributed by atoms with Gasteiger partial charge in [0.25, 0.3) is 5.91 Å². The molecule has 20 heavy (non-hydrogen) atoms. The molecule has 6 nitrogen and oxygen atoms in total. The van der Waals surface area contributed by atoms with Gasteiger partial charge >= 0.3 is 0 Å². The molecule has 1 saturated carbocycles. The number of ether oxygens (including phenoxy) is 1. The average molecular weight is 278 g/mol. The summed E-state index contributed by atoms with van der Waals surface area (Å²) in [5.74, 6) is 1.19. The normalized spacial score (nSPS) is 15.8. The fourth-order valence-electron chi connectivity index (χ4n) is 2.24. The lowest BCUT2D eigenvalue weighted by Gasteiger charge is -2.28. The Morgan fingerprint density at radius 2 is 2.25 bits per heavy atom. The van der Waals surface area contributed by atoms with Gasteiger partial charge in [0.1, 0.15) is 5.82 Å². The molecule has 1 N–H and O–H groups in total. The van der Waals surface area contributed by atoms with E-state index in [0.29, 0.717) is 30.6 Å². The second-order valence-corrected chi connectivity index (χ2v) is 5.12. The Labute approximate surface area is 119 Å². The zero-order valence-electron chi connectivity index (χ0n) is 12.3. The van der Waals surface area contributed by atoms with Crippen LogP contribution in [0, 0.1) is 5.92 Å². The molecule has 1 heterocycles. The number of aromatic nitrogens is 2. The minimum Gasteiger partial charge on any atom is -0.383 e. The molecule has 1 aliphatic carbocycles. The summed E-state index contributed by atoms with van der Waals surface area (Å²) < 4.78 is 5.11. The van der Waals surface area contributed by atoms with E-state index >= 15 is 0 Å². The molecular weight excluding hydrogens is 256 g/mol. The summed E-state index contributed by atoms with van der Waals surface area (Å²) in [5.41, 5.74) is 0.382. The highest BCUT2D eigenvalue weighted by Gasteiger charge is 2.34. The van der Waals surface area contributed by atoms with Gasteiger partial charge in [-0.15, -0.1) is 10.2 Å². The van der Waals surface area contributed by atoms with Gasteiger partial charge in [0.2, 0.25) is 0 Å². The monoisotopic (exact) mass is 278 g/mol. The summed E-state index contributed by atoms with van der Waals surface area (Å²) in [6, 6.07) is 3.69. The van der Waals surface area contributed by atoms with E-state index in [9.17, 15) is 4.79 Å². The van der Waals surface area contributed by atoms with Crippen molar-refractivity contribution in [2.75, 3.05) is 32.6 Å². The summed E-state index contributed by atoms with van der Waals surface area (Å²) in [5, 5.41) is 10.8. The van der Waals surface area contributed by atoms with Crippen LogP contribution in [-0.4, -0.2) is 54.4 Å². The van der Waals surface area contributed by atoms with Crippen molar-refractivity contribution in [2.45, 2.75) is 25.8 Å². The van der Waals surface area contributed by atoms with Crippen molar-refractivity contribution in [1.82, 2.24) is 15.1 Å². The molecule has 6 heteroatoms. The van der Waals surface area contributed by atoms with Crippen LogP contribution in [0.2, 0.25) is 0 Å². The lowest BCUT2D eigenvalue weighted by atomic mass is 10.1. The Bertz CT molecular complexity index is 445. The van der Waals surface area contributed by atoms with Crippen molar-refractivity contribution in [3.63, 3.8) is 0 Å². The van der Waals surface area contributed by atoms with Crippen molar-refractivity contribution in [3.05, 3.63) is 17.8 Å². The molecule has 1 amide bonds. The molecule has 1 fully saturated rings. The average Bonchev–Trinajstić information content (AvgIpc) is 3.32. The van der Waals surface area contributed by atoms with Crippen molar-refractivity contribution >= 4 is 11.7 Å². The minimum absolute atomic E-state index is 0.0726. The van der Waals surface area contributed by atoms with Crippen LogP contribution in [0.3, 0.4) is 0 Å². The summed E-state index contributed by atoms with van der Waals surface area (Å²) in [4.78, 5) is 14.4. The highest BCUT2D eigenvalue weighted by Crippen LogP contribution is 2.35. The van der Waals surface area contributed by atoms with Gasteiger partial charge in [-0.3, -0.25) is 4.79 Å². The van der Waals surface area contributed by atoms with Gasteiger partial charge in [0.15, 0.2) is 5.69 Å². The molecule has 1 atom stereocenters. The number of carbonyl (C=O) groups excluding carboxylic acids is 1. The number of nitrogens with zero attached hydrogens (tertiary/aromatic N) is 3. The molecule has 1 aromatic rings. The quantitative estimate of drug-likeness (QED) is 0.816. The summed E-state index contributed by atoms with van der Waals surface area (Å²) >= 11 is 0. The van der Waals surface area contributed by atoms with Crippen molar-refractivity contribution in [1.29, 1.82) is 0 Å². The van der Waals surface area contributed by atoms with Gasteiger partial charge in [-0.2, -0.15) is 0 Å². The van der Waals surface area contributed by atoms with E-state index in [2.05, 4.69) is 22.4 Å². The standard InChI is InChI=1S/C14H22N4O2/c1-10(11-4-5-11)18(8-9-20-3)14(19)12-6-7-13(15-2)17-16-12/h6-7,10-11H,4-5,8-9H2,1-3H3,(H,15,17). The molecular formula is C14H22N4O2. The van der Waals surface area contributed by atoms with Crippen LogP contribution in [0.1, 0.15) is 30.3 Å². The largest absolute Gasteiger partial charge is 0.383 e. The SMILES string of the molecule is CNc1ccc(C(=O)N(CCOC)C(C)C2CC2)nn1. The first kappa shape index (κ1) is 14.7. The smallest absolute Gasteiger partial charge is 0.274 e. The number of amides is 1. The zero-order chi connectivity index (χ0) is 14.5. The zero-order valence-corrected chi connectivity index (χ0v) is 12.3. The molecule has 0 bridgehead atoms. The highest BCUT2D eigenvalue weighted by atomic mass is 16.5. The molecule has 110 valence electrons. The van der Waals surface area contributed by atoms with E-state index in [1.807, 2.05) is 4.90 Å². The van der Waals surface area contributed by atoms with E-state index in [0.717, 1.165) is 0 Å². The van der Waals surface area contributed by atoms with Crippen LogP contribution in [0.25, 0.3) is 0 Å². The van der Waals surface area contributed by atoms with Crippen LogP contribution < -0.4 is 5.32 Å². The number of hydrogen-bond acceptors (Lipinski definition) is 5. The Morgan fingerprint density at radius 3 is 2.75 bits per heavy atom. The van der Waals surface area contributed by atoms with Crippen LogP contribution >= 0.6 is 0 Å². The Hall–Kier alpha value is -1.69. The number of hydrogen-bond donors (Lipinski definition) is 1. The fraction of sp³-hybridized carbons (Fsp3) is 0.643. The first-order chi connectivity index (χ1) is 9.67. The van der Waals surface area contributed by atoms with Gasteiger partial charge in [0, 0.05) is 26.7 Å². The third-order valence-electron chi connectivity index (χ3n) is 3.73. The molecule has 0 saturated heterocycles. The Kier molecular flexibility index (Phi) is 4.89. The number of carbonyl (C=O) groups is 1. The lowest BCUT2D eigenvalue weighted by Crippen LogP contribution is -2.42. The number of methoxy groups -OCH3 is 1. The predicted octanol–water partition coefficient (Wildman–Crippen LogP) is 1.41. The van der Waals surface area contributed by atoms with Crippen molar-refractivity contribution in [3.8, 4) is 0 Å². The fourth-order valence-corrected chi connectivity index (χ4v) is 2.24. The van der Waals surface area contributed by atoms with Gasteiger partial charge in [-0.1, -0.05) is 0 Å². The van der Waals surface area contributed by atoms with E-state index in [1.165, 1.54) is 12.8 Å². The topological polar surface area (TPSA) is 67.4 Å². The van der Waals surface area contributed by atoms with E-state index in [4.69, 9.17) is 4.74 Å². The first-order valence-electron chi connectivity index (χ1n) is 6.98. The maximum Gasteiger partial charge on any atom is 0.274 e. The molecule has 1 aromatic heterocycles. The highest BCUT2D eigenvalue weighted by molar-refractivity contribution is 5.92. The lowest BCUT2D eigenvalue weighted by molar-refractivity contribution is 0.0587. The van der Waals surface area contributed by atoms with Crippen LogP contribution in [0.5, 0.6) is 0 Å². The molecule has 0 radical (unpaired) electrons. The molecule has 0 spiro atoms. The third-order valence-corrected chi connectivity index (χ3v) is 3.73. The number of nitrogens with one attached hydrogen (secondary N) is 1. The van der Waals surface area contributed by atoms with Gasteiger partial charge in [-0.25, -0.2) is 0 Å². The molecule has 1 unspecified atom stereocenters. The van der Waals surface area contributed by atoms with E-state index in [-0.39, 0.29) is 11.9 Å². The molecule has 0 aliphatic heterocycles. The van der Waals surface area contributed by atoms with Gasteiger partial charge in [-0.05, 0) is 37.8 Å². The number of anilines is 1. The number of rotatable bonds is 7. The van der Waals surface area contributed by atoms with Crippen LogP contribution in [0.15, 0.2) is 12.1 Å². The summed E-state index contributed by atoms with van der Waals surface area (Å²) in [6.07, 6.45) is 2.39. The summed E-state index contributed by atoms with van der Waals surface area (Å²) in [6.45, 7) is 3.22. The van der Waals surface area contributed by atoms with Gasteiger partial charge < -0.3 is 15.0 Å². The third kappa shape index (κ3) is 3.45.